The first-order chi connectivity index (χ1) is 12.3. The zero-order valence-electron chi connectivity index (χ0n) is 15.5. The molecule has 7 nitrogen and oxygen atoms in total. The Morgan fingerprint density at radius 1 is 1.35 bits per heavy atom. The monoisotopic (exact) mass is 380 g/mol. The van der Waals surface area contributed by atoms with E-state index in [0.29, 0.717) is 36.7 Å². The van der Waals surface area contributed by atoms with E-state index in [-0.39, 0.29) is 5.91 Å². The van der Waals surface area contributed by atoms with Gasteiger partial charge in [0.05, 0.1) is 17.9 Å². The van der Waals surface area contributed by atoms with Crippen LogP contribution in [0.2, 0.25) is 0 Å². The number of rotatable bonds is 6. The molecule has 0 bridgehead atoms. The average Bonchev–Trinajstić information content (AvgIpc) is 2.70. The Labute approximate surface area is 157 Å². The molecule has 0 aromatic heterocycles. The van der Waals surface area contributed by atoms with Crippen molar-refractivity contribution in [1.82, 2.24) is 4.90 Å². The number of hydrogen-bond acceptors (Lipinski definition) is 7. The number of thioether (sulfide) groups is 1. The van der Waals surface area contributed by atoms with Gasteiger partial charge in [0, 0.05) is 30.7 Å². The number of benzene rings is 1. The molecular formula is C18H24N2O5S. The average molecular weight is 380 g/mol. The van der Waals surface area contributed by atoms with E-state index in [1.807, 2.05) is 19.0 Å². The molecule has 0 radical (unpaired) electrons. The number of esters is 2. The third kappa shape index (κ3) is 4.98. The fraction of sp³-hybridized carbons (Fsp3) is 0.500. The summed E-state index contributed by atoms with van der Waals surface area (Å²) in [5.74, 6) is -0.842. The Hall–Kier alpha value is -2.06. The highest BCUT2D eigenvalue weighted by Gasteiger charge is 2.33. The standard InChI is InChI=1S/C18H24N2O5S/c1-5-24-18(23)13-6-7-14-16(10-13)26-11-15(25-12(2)21)17(22)20(14)9-8-19(3)4/h6-7,10,15H,5,8-9,11H2,1-4H3/t15-/m1/s1. The Morgan fingerprint density at radius 2 is 2.08 bits per heavy atom. The Bertz CT molecular complexity index is 692. The van der Waals surface area contributed by atoms with Gasteiger partial charge >= 0.3 is 11.9 Å². The predicted molar refractivity (Wildman–Crippen MR) is 99.6 cm³/mol. The maximum absolute atomic E-state index is 12.9. The first-order valence-electron chi connectivity index (χ1n) is 8.40. The van der Waals surface area contributed by atoms with Crippen LogP contribution in [0.1, 0.15) is 24.2 Å². The largest absolute Gasteiger partial charge is 0.462 e. The highest BCUT2D eigenvalue weighted by Crippen LogP contribution is 2.36. The van der Waals surface area contributed by atoms with Gasteiger partial charge in [-0.3, -0.25) is 9.59 Å². The summed E-state index contributed by atoms with van der Waals surface area (Å²) in [6.07, 6.45) is -0.849. The van der Waals surface area contributed by atoms with Crippen LogP contribution in [0.5, 0.6) is 0 Å². The minimum absolute atomic E-state index is 0.253. The van der Waals surface area contributed by atoms with Gasteiger partial charge in [-0.05, 0) is 39.2 Å². The number of amides is 1. The second-order valence-corrected chi connectivity index (χ2v) is 7.17. The van der Waals surface area contributed by atoms with E-state index in [9.17, 15) is 14.4 Å². The number of hydrogen-bond donors (Lipinski definition) is 0. The maximum atomic E-state index is 12.9. The van der Waals surface area contributed by atoms with Crippen LogP contribution < -0.4 is 4.90 Å². The highest BCUT2D eigenvalue weighted by molar-refractivity contribution is 7.99. The van der Waals surface area contributed by atoms with Gasteiger partial charge in [0.25, 0.3) is 5.91 Å². The van der Waals surface area contributed by atoms with Crippen LogP contribution in [-0.2, 0) is 19.1 Å². The van der Waals surface area contributed by atoms with Crippen molar-refractivity contribution < 1.29 is 23.9 Å². The quantitative estimate of drug-likeness (QED) is 0.697. The topological polar surface area (TPSA) is 76.1 Å². The van der Waals surface area contributed by atoms with Gasteiger partial charge < -0.3 is 19.3 Å². The van der Waals surface area contributed by atoms with Crippen molar-refractivity contribution in [2.24, 2.45) is 0 Å². The molecule has 0 saturated heterocycles. The lowest BCUT2D eigenvalue weighted by Gasteiger charge is -2.26. The minimum atomic E-state index is -0.849. The zero-order chi connectivity index (χ0) is 19.3. The molecule has 142 valence electrons. The summed E-state index contributed by atoms with van der Waals surface area (Å²) in [7, 11) is 3.84. The first-order valence-corrected chi connectivity index (χ1v) is 9.39. The molecule has 1 amide bonds. The lowest BCUT2D eigenvalue weighted by Crippen LogP contribution is -2.44. The Morgan fingerprint density at radius 3 is 2.69 bits per heavy atom. The number of ether oxygens (including phenoxy) is 2. The fourth-order valence-electron chi connectivity index (χ4n) is 2.54. The Balaban J connectivity index is 2.37. The number of fused-ring (bicyclic) bond motifs is 1. The molecule has 0 fully saturated rings. The molecule has 1 aromatic rings. The normalized spacial score (nSPS) is 16.9. The summed E-state index contributed by atoms with van der Waals surface area (Å²) >= 11 is 1.39. The van der Waals surface area contributed by atoms with Crippen molar-refractivity contribution in [2.75, 3.05) is 44.4 Å². The number of nitrogens with zero attached hydrogens (tertiary/aromatic N) is 2. The van der Waals surface area contributed by atoms with E-state index in [1.165, 1.54) is 18.7 Å². The molecule has 0 unspecified atom stereocenters. The van der Waals surface area contributed by atoms with Gasteiger partial charge in [-0.1, -0.05) is 0 Å². The van der Waals surface area contributed by atoms with Gasteiger partial charge in [-0.25, -0.2) is 4.79 Å². The SMILES string of the molecule is CCOC(=O)c1ccc2c(c1)SC[C@@H](OC(C)=O)C(=O)N2CCN(C)C. The highest BCUT2D eigenvalue weighted by atomic mass is 32.2. The fourth-order valence-corrected chi connectivity index (χ4v) is 3.62. The molecule has 1 atom stereocenters. The summed E-state index contributed by atoms with van der Waals surface area (Å²) in [5.41, 5.74) is 1.15. The van der Waals surface area contributed by atoms with Gasteiger partial charge in [-0.2, -0.15) is 0 Å². The molecule has 0 saturated carbocycles. The summed E-state index contributed by atoms with van der Waals surface area (Å²) in [6.45, 7) is 4.45. The molecular weight excluding hydrogens is 356 g/mol. The van der Waals surface area contributed by atoms with Gasteiger partial charge in [0.15, 0.2) is 6.10 Å². The van der Waals surface area contributed by atoms with E-state index < -0.39 is 18.0 Å². The number of likely N-dealkylation sites (N-methyl/N-ethyl adjacent to an activating group) is 1. The molecule has 0 N–H and O–H groups in total. The molecule has 1 aliphatic rings. The van der Waals surface area contributed by atoms with Crippen molar-refractivity contribution in [3.8, 4) is 0 Å². The molecule has 1 aliphatic heterocycles. The molecule has 0 spiro atoms. The van der Waals surface area contributed by atoms with E-state index >= 15 is 0 Å². The lowest BCUT2D eigenvalue weighted by atomic mass is 10.1. The lowest BCUT2D eigenvalue weighted by molar-refractivity contribution is -0.151. The minimum Gasteiger partial charge on any atom is -0.462 e. The van der Waals surface area contributed by atoms with E-state index in [4.69, 9.17) is 9.47 Å². The van der Waals surface area contributed by atoms with E-state index in [2.05, 4.69) is 0 Å². The van der Waals surface area contributed by atoms with Crippen molar-refractivity contribution in [2.45, 2.75) is 24.8 Å². The van der Waals surface area contributed by atoms with Crippen molar-refractivity contribution in [3.63, 3.8) is 0 Å². The molecule has 0 aliphatic carbocycles. The molecule has 8 heteroatoms. The van der Waals surface area contributed by atoms with Gasteiger partial charge in [-0.15, -0.1) is 11.8 Å². The van der Waals surface area contributed by atoms with Gasteiger partial charge in [0.1, 0.15) is 0 Å². The van der Waals surface area contributed by atoms with Crippen molar-refractivity contribution >= 4 is 35.3 Å². The third-order valence-electron chi connectivity index (χ3n) is 3.77. The van der Waals surface area contributed by atoms with Gasteiger partial charge in [0.2, 0.25) is 0 Å². The predicted octanol–water partition coefficient (Wildman–Crippen LogP) is 1.80. The summed E-state index contributed by atoms with van der Waals surface area (Å²) < 4.78 is 10.3. The zero-order valence-corrected chi connectivity index (χ0v) is 16.3. The number of carbonyl (C=O) groups is 3. The summed E-state index contributed by atoms with van der Waals surface area (Å²) in [4.78, 5) is 40.6. The first kappa shape index (κ1) is 20.3. The second-order valence-electron chi connectivity index (χ2n) is 6.11. The number of anilines is 1. The van der Waals surface area contributed by atoms with Crippen LogP contribution in [0, 0.1) is 0 Å². The molecule has 1 heterocycles. The van der Waals surface area contributed by atoms with Crippen LogP contribution in [0.25, 0.3) is 0 Å². The van der Waals surface area contributed by atoms with E-state index in [0.717, 1.165) is 4.90 Å². The van der Waals surface area contributed by atoms with Crippen LogP contribution in [-0.4, -0.2) is 68.4 Å². The third-order valence-corrected chi connectivity index (χ3v) is 4.88. The van der Waals surface area contributed by atoms with E-state index in [1.54, 1.807) is 30.0 Å². The maximum Gasteiger partial charge on any atom is 0.338 e. The summed E-state index contributed by atoms with van der Waals surface area (Å²) in [5, 5.41) is 0. The van der Waals surface area contributed by atoms with Crippen molar-refractivity contribution in [3.05, 3.63) is 23.8 Å². The molecule has 26 heavy (non-hydrogen) atoms. The van der Waals surface area contributed by atoms with Crippen LogP contribution >= 0.6 is 11.8 Å². The summed E-state index contributed by atoms with van der Waals surface area (Å²) in [6, 6.07) is 5.13. The Kier molecular flexibility index (Phi) is 7.05. The van der Waals surface area contributed by atoms with Crippen LogP contribution in [0.4, 0.5) is 5.69 Å². The van der Waals surface area contributed by atoms with Crippen molar-refractivity contribution in [1.29, 1.82) is 0 Å². The smallest absolute Gasteiger partial charge is 0.338 e. The van der Waals surface area contributed by atoms with Crippen LogP contribution in [0.3, 0.4) is 0 Å². The molecule has 1 aromatic carbocycles. The van der Waals surface area contributed by atoms with Crippen LogP contribution in [0.15, 0.2) is 23.1 Å². The molecule has 2 rings (SSSR count). The second kappa shape index (κ2) is 9.05. The number of carbonyl (C=O) groups excluding carboxylic acids is 3.